The van der Waals surface area contributed by atoms with Crippen molar-refractivity contribution in [3.63, 3.8) is 0 Å². The van der Waals surface area contributed by atoms with Crippen molar-refractivity contribution in [1.29, 1.82) is 0 Å². The van der Waals surface area contributed by atoms with Crippen LogP contribution in [-0.2, 0) is 4.74 Å². The molecule has 0 saturated carbocycles. The number of hydrogen-bond donors (Lipinski definition) is 0. The SMILES string of the molecule is CCOC(=O)N1CCN(C(=O)c2cc(-c3ccc(C)o3)nn2-c2ccc(Cl)c(Cl)c2)CC1. The third-order valence-electron chi connectivity index (χ3n) is 5.16. The number of aryl methyl sites for hydroxylation is 1. The molecule has 1 aliphatic heterocycles. The monoisotopic (exact) mass is 476 g/mol. The van der Waals surface area contributed by atoms with E-state index in [1.54, 1.807) is 41.0 Å². The quantitative estimate of drug-likeness (QED) is 0.546. The highest BCUT2D eigenvalue weighted by Crippen LogP contribution is 2.28. The van der Waals surface area contributed by atoms with E-state index in [1.807, 2.05) is 19.1 Å². The highest BCUT2D eigenvalue weighted by molar-refractivity contribution is 6.42. The van der Waals surface area contributed by atoms with E-state index >= 15 is 0 Å². The van der Waals surface area contributed by atoms with Gasteiger partial charge in [0, 0.05) is 32.2 Å². The fourth-order valence-electron chi connectivity index (χ4n) is 3.51. The number of carbonyl (C=O) groups excluding carboxylic acids is 2. The lowest BCUT2D eigenvalue weighted by molar-refractivity contribution is 0.0563. The first-order valence-electron chi connectivity index (χ1n) is 10.2. The second-order valence-electron chi connectivity index (χ2n) is 7.31. The van der Waals surface area contributed by atoms with Gasteiger partial charge in [0.05, 0.1) is 22.3 Å². The number of nitrogens with zero attached hydrogens (tertiary/aromatic N) is 4. The smallest absolute Gasteiger partial charge is 0.409 e. The predicted molar refractivity (Wildman–Crippen MR) is 121 cm³/mol. The molecular formula is C22H22Cl2N4O4. The van der Waals surface area contributed by atoms with Gasteiger partial charge in [-0.3, -0.25) is 4.79 Å². The topological polar surface area (TPSA) is 80.8 Å². The maximum absolute atomic E-state index is 13.4. The molecule has 168 valence electrons. The van der Waals surface area contributed by atoms with Crippen LogP contribution < -0.4 is 0 Å². The van der Waals surface area contributed by atoms with Crippen molar-refractivity contribution in [3.8, 4) is 17.1 Å². The first-order chi connectivity index (χ1) is 15.4. The Kier molecular flexibility index (Phi) is 6.43. The van der Waals surface area contributed by atoms with Crippen LogP contribution in [0.25, 0.3) is 17.1 Å². The number of aromatic nitrogens is 2. The molecule has 4 rings (SSSR count). The summed E-state index contributed by atoms with van der Waals surface area (Å²) < 4.78 is 12.3. The number of benzene rings is 1. The lowest BCUT2D eigenvalue weighted by atomic mass is 10.2. The number of carbonyl (C=O) groups is 2. The molecule has 8 nitrogen and oxygen atoms in total. The molecule has 3 aromatic rings. The second-order valence-corrected chi connectivity index (χ2v) is 8.13. The number of piperazine rings is 1. The molecule has 1 fully saturated rings. The van der Waals surface area contributed by atoms with E-state index in [0.717, 1.165) is 5.76 Å². The average molecular weight is 477 g/mol. The first kappa shape index (κ1) is 22.2. The largest absolute Gasteiger partial charge is 0.460 e. The number of hydrogen-bond acceptors (Lipinski definition) is 5. The van der Waals surface area contributed by atoms with Gasteiger partial charge in [0.15, 0.2) is 5.76 Å². The van der Waals surface area contributed by atoms with E-state index in [1.165, 1.54) is 4.68 Å². The Labute approximate surface area is 195 Å². The molecule has 3 heterocycles. The van der Waals surface area contributed by atoms with E-state index in [9.17, 15) is 9.59 Å². The molecule has 0 bridgehead atoms. The van der Waals surface area contributed by atoms with Crippen LogP contribution in [0.3, 0.4) is 0 Å². The fourth-order valence-corrected chi connectivity index (χ4v) is 3.80. The van der Waals surface area contributed by atoms with Gasteiger partial charge in [0.25, 0.3) is 5.91 Å². The molecule has 0 N–H and O–H groups in total. The minimum absolute atomic E-state index is 0.207. The third-order valence-corrected chi connectivity index (χ3v) is 5.90. The summed E-state index contributed by atoms with van der Waals surface area (Å²) in [6.45, 7) is 5.49. The number of ether oxygens (including phenoxy) is 1. The van der Waals surface area contributed by atoms with Crippen LogP contribution in [0.5, 0.6) is 0 Å². The molecule has 0 unspecified atom stereocenters. The summed E-state index contributed by atoms with van der Waals surface area (Å²) in [6.07, 6.45) is -0.365. The maximum Gasteiger partial charge on any atom is 0.409 e. The van der Waals surface area contributed by atoms with E-state index in [-0.39, 0.29) is 12.0 Å². The van der Waals surface area contributed by atoms with Gasteiger partial charge in [-0.25, -0.2) is 9.48 Å². The molecule has 32 heavy (non-hydrogen) atoms. The van der Waals surface area contributed by atoms with Gasteiger partial charge < -0.3 is 19.0 Å². The summed E-state index contributed by atoms with van der Waals surface area (Å²) in [4.78, 5) is 28.7. The van der Waals surface area contributed by atoms with Crippen molar-refractivity contribution in [3.05, 3.63) is 57.9 Å². The Morgan fingerprint density at radius 3 is 2.38 bits per heavy atom. The Morgan fingerprint density at radius 2 is 1.75 bits per heavy atom. The highest BCUT2D eigenvalue weighted by Gasteiger charge is 2.29. The predicted octanol–water partition coefficient (Wildman–Crippen LogP) is 4.66. The third kappa shape index (κ3) is 4.47. The van der Waals surface area contributed by atoms with Crippen LogP contribution in [0.15, 0.2) is 40.8 Å². The molecule has 1 aliphatic rings. The van der Waals surface area contributed by atoms with Crippen LogP contribution in [-0.4, -0.2) is 64.4 Å². The van der Waals surface area contributed by atoms with Crippen LogP contribution in [0.1, 0.15) is 23.2 Å². The van der Waals surface area contributed by atoms with E-state index < -0.39 is 0 Å². The summed E-state index contributed by atoms with van der Waals surface area (Å²) in [5.74, 6) is 1.09. The molecule has 2 amide bonds. The Morgan fingerprint density at radius 1 is 1.03 bits per heavy atom. The minimum Gasteiger partial charge on any atom is -0.460 e. The second kappa shape index (κ2) is 9.26. The summed E-state index contributed by atoms with van der Waals surface area (Å²) in [5.41, 5.74) is 1.48. The Balaban J connectivity index is 1.64. The summed E-state index contributed by atoms with van der Waals surface area (Å²) in [7, 11) is 0. The Hall–Kier alpha value is -2.97. The van der Waals surface area contributed by atoms with Gasteiger partial charge in [-0.2, -0.15) is 5.10 Å². The van der Waals surface area contributed by atoms with Crippen molar-refractivity contribution < 1.29 is 18.7 Å². The van der Waals surface area contributed by atoms with Gasteiger partial charge in [-0.15, -0.1) is 0 Å². The number of amides is 2. The van der Waals surface area contributed by atoms with Gasteiger partial charge in [0.1, 0.15) is 17.1 Å². The number of halogens is 2. The molecule has 1 saturated heterocycles. The summed E-state index contributed by atoms with van der Waals surface area (Å²) in [5, 5.41) is 5.37. The van der Waals surface area contributed by atoms with Crippen LogP contribution in [0.2, 0.25) is 10.0 Å². The summed E-state index contributed by atoms with van der Waals surface area (Å²) in [6, 6.07) is 10.4. The van der Waals surface area contributed by atoms with E-state index in [2.05, 4.69) is 5.10 Å². The van der Waals surface area contributed by atoms with Crippen LogP contribution in [0.4, 0.5) is 4.79 Å². The molecular weight excluding hydrogens is 455 g/mol. The van der Waals surface area contributed by atoms with Crippen molar-refractivity contribution in [2.75, 3.05) is 32.8 Å². The van der Waals surface area contributed by atoms with Crippen molar-refractivity contribution >= 4 is 35.2 Å². The van der Waals surface area contributed by atoms with Gasteiger partial charge >= 0.3 is 6.09 Å². The van der Waals surface area contributed by atoms with Crippen molar-refractivity contribution in [2.24, 2.45) is 0 Å². The van der Waals surface area contributed by atoms with Crippen molar-refractivity contribution in [2.45, 2.75) is 13.8 Å². The van der Waals surface area contributed by atoms with Gasteiger partial charge in [-0.05, 0) is 44.2 Å². The summed E-state index contributed by atoms with van der Waals surface area (Å²) >= 11 is 12.3. The lowest BCUT2D eigenvalue weighted by Gasteiger charge is -2.34. The zero-order valence-electron chi connectivity index (χ0n) is 17.7. The molecule has 0 spiro atoms. The molecule has 1 aromatic carbocycles. The van der Waals surface area contributed by atoms with Crippen molar-refractivity contribution in [1.82, 2.24) is 19.6 Å². The highest BCUT2D eigenvalue weighted by atomic mass is 35.5. The normalized spacial score (nSPS) is 14.0. The number of furan rings is 1. The molecule has 10 heteroatoms. The van der Waals surface area contributed by atoms with E-state index in [4.69, 9.17) is 32.4 Å². The molecule has 0 atom stereocenters. The van der Waals surface area contributed by atoms with Crippen LogP contribution >= 0.6 is 23.2 Å². The fraction of sp³-hybridized carbons (Fsp3) is 0.318. The maximum atomic E-state index is 13.4. The van der Waals surface area contributed by atoms with Gasteiger partial charge in [-0.1, -0.05) is 23.2 Å². The Bertz CT molecular complexity index is 1150. The first-order valence-corrected chi connectivity index (χ1v) is 11.0. The lowest BCUT2D eigenvalue weighted by Crippen LogP contribution is -2.51. The zero-order valence-corrected chi connectivity index (χ0v) is 19.2. The van der Waals surface area contributed by atoms with Gasteiger partial charge in [0.2, 0.25) is 0 Å². The molecule has 2 aromatic heterocycles. The standard InChI is InChI=1S/C22H22Cl2N4O4/c1-3-31-22(30)27-10-8-26(9-11-27)21(29)19-13-18(20-7-4-14(2)32-20)25-28(19)15-5-6-16(23)17(24)12-15/h4-7,12-13H,3,8-11H2,1-2H3. The van der Waals surface area contributed by atoms with E-state index in [0.29, 0.717) is 65.7 Å². The van der Waals surface area contributed by atoms with Crippen LogP contribution in [0, 0.1) is 6.92 Å². The zero-order chi connectivity index (χ0) is 22.8. The molecule has 0 radical (unpaired) electrons. The average Bonchev–Trinajstić information content (AvgIpc) is 3.42. The molecule has 0 aliphatic carbocycles. The number of rotatable bonds is 4. The minimum atomic E-state index is -0.365.